The van der Waals surface area contributed by atoms with Crippen LogP contribution in [0.25, 0.3) is 0 Å². The topological polar surface area (TPSA) is 80.6 Å². The van der Waals surface area contributed by atoms with Gasteiger partial charge in [0.1, 0.15) is 5.75 Å². The lowest BCUT2D eigenvalue weighted by Gasteiger charge is -2.08. The number of hydrogen-bond donors (Lipinski definition) is 2. The molecule has 28 heavy (non-hydrogen) atoms. The Kier molecular flexibility index (Phi) is 6.46. The van der Waals surface area contributed by atoms with Crippen LogP contribution in [0, 0.1) is 6.92 Å². The van der Waals surface area contributed by atoms with Gasteiger partial charge in [-0.2, -0.15) is 0 Å². The highest BCUT2D eigenvalue weighted by atomic mass is 16.5. The smallest absolute Gasteiger partial charge is 0.291 e. The molecule has 6 nitrogen and oxygen atoms in total. The molecule has 0 radical (unpaired) electrons. The highest BCUT2D eigenvalue weighted by Crippen LogP contribution is 2.16. The summed E-state index contributed by atoms with van der Waals surface area (Å²) in [6.45, 7) is 2.49. The van der Waals surface area contributed by atoms with E-state index in [-0.39, 0.29) is 17.6 Å². The van der Waals surface area contributed by atoms with E-state index in [0.29, 0.717) is 30.8 Å². The van der Waals surface area contributed by atoms with Crippen LogP contribution < -0.4 is 15.4 Å². The maximum absolute atomic E-state index is 12.0. The van der Waals surface area contributed by atoms with E-state index in [2.05, 4.69) is 10.6 Å². The third-order valence-corrected chi connectivity index (χ3v) is 3.98. The molecule has 144 valence electrons. The number of nitrogens with one attached hydrogen (secondary N) is 2. The first-order valence-electron chi connectivity index (χ1n) is 9.04. The van der Waals surface area contributed by atoms with Crippen molar-refractivity contribution in [3.05, 3.63) is 78.3 Å². The highest BCUT2D eigenvalue weighted by molar-refractivity contribution is 6.02. The Morgan fingerprint density at radius 2 is 1.71 bits per heavy atom. The minimum absolute atomic E-state index is 0.0831. The second-order valence-corrected chi connectivity index (χ2v) is 6.33. The molecule has 6 heteroatoms. The molecule has 3 rings (SSSR count). The number of aryl methyl sites for hydroxylation is 1. The molecule has 1 heterocycles. The standard InChI is InChI=1S/C22H22N2O4/c1-16-5-2-6-19(15-16)27-13-4-8-21(25)23-17-9-11-18(12-10-17)24-22(26)20-7-3-14-28-20/h2-3,5-7,9-12,14-15H,4,8,13H2,1H3,(H,23,25)(H,24,26). The number of anilines is 2. The fourth-order valence-electron chi connectivity index (χ4n) is 2.59. The van der Waals surface area contributed by atoms with E-state index in [9.17, 15) is 9.59 Å². The first kappa shape index (κ1) is 19.2. The number of furan rings is 1. The summed E-state index contributed by atoms with van der Waals surface area (Å²) < 4.78 is 10.7. The van der Waals surface area contributed by atoms with Gasteiger partial charge in [0.25, 0.3) is 5.91 Å². The minimum Gasteiger partial charge on any atom is -0.494 e. The predicted octanol–water partition coefficient (Wildman–Crippen LogP) is 4.64. The Balaban J connectivity index is 1.39. The molecule has 0 unspecified atom stereocenters. The van der Waals surface area contributed by atoms with Gasteiger partial charge in [-0.25, -0.2) is 0 Å². The first-order chi connectivity index (χ1) is 13.6. The van der Waals surface area contributed by atoms with E-state index < -0.39 is 0 Å². The third-order valence-electron chi connectivity index (χ3n) is 3.98. The van der Waals surface area contributed by atoms with Gasteiger partial charge in [-0.15, -0.1) is 0 Å². The number of benzene rings is 2. The second-order valence-electron chi connectivity index (χ2n) is 6.33. The maximum Gasteiger partial charge on any atom is 0.291 e. The molecular weight excluding hydrogens is 356 g/mol. The molecule has 2 amide bonds. The van der Waals surface area contributed by atoms with Crippen molar-refractivity contribution in [1.82, 2.24) is 0 Å². The van der Waals surface area contributed by atoms with Crippen LogP contribution in [0.5, 0.6) is 5.75 Å². The molecule has 2 aromatic carbocycles. The van der Waals surface area contributed by atoms with Gasteiger partial charge < -0.3 is 19.8 Å². The van der Waals surface area contributed by atoms with E-state index in [0.717, 1.165) is 11.3 Å². The van der Waals surface area contributed by atoms with E-state index in [4.69, 9.17) is 9.15 Å². The predicted molar refractivity (Wildman–Crippen MR) is 108 cm³/mol. The van der Waals surface area contributed by atoms with E-state index >= 15 is 0 Å². The summed E-state index contributed by atoms with van der Waals surface area (Å²) in [6.07, 6.45) is 2.43. The summed E-state index contributed by atoms with van der Waals surface area (Å²) >= 11 is 0. The molecule has 0 aliphatic rings. The van der Waals surface area contributed by atoms with Crippen LogP contribution in [0.2, 0.25) is 0 Å². The molecule has 2 N–H and O–H groups in total. The Bertz CT molecular complexity index is 918. The summed E-state index contributed by atoms with van der Waals surface area (Å²) in [5, 5.41) is 5.56. The van der Waals surface area contributed by atoms with Gasteiger partial charge >= 0.3 is 0 Å². The molecule has 0 atom stereocenters. The van der Waals surface area contributed by atoms with Crippen molar-refractivity contribution in [3.8, 4) is 5.75 Å². The molecular formula is C22H22N2O4. The SMILES string of the molecule is Cc1cccc(OCCCC(=O)Nc2ccc(NC(=O)c3ccco3)cc2)c1. The fraction of sp³-hybridized carbons (Fsp3) is 0.182. The molecule has 3 aromatic rings. The van der Waals surface area contributed by atoms with Crippen LogP contribution in [0.15, 0.2) is 71.3 Å². The monoisotopic (exact) mass is 378 g/mol. The zero-order valence-corrected chi connectivity index (χ0v) is 15.6. The van der Waals surface area contributed by atoms with Crippen molar-refractivity contribution in [2.45, 2.75) is 19.8 Å². The lowest BCUT2D eigenvalue weighted by Crippen LogP contribution is -2.13. The molecule has 0 bridgehead atoms. The summed E-state index contributed by atoms with van der Waals surface area (Å²) in [7, 11) is 0. The molecule has 0 aliphatic heterocycles. The number of carbonyl (C=O) groups excluding carboxylic acids is 2. The van der Waals surface area contributed by atoms with Crippen LogP contribution >= 0.6 is 0 Å². The number of hydrogen-bond acceptors (Lipinski definition) is 4. The second kappa shape index (κ2) is 9.41. The Hall–Kier alpha value is -3.54. The average molecular weight is 378 g/mol. The summed E-state index contributed by atoms with van der Waals surface area (Å²) in [5.74, 6) is 0.647. The third kappa shape index (κ3) is 5.74. The van der Waals surface area contributed by atoms with Gasteiger partial charge in [-0.3, -0.25) is 9.59 Å². The van der Waals surface area contributed by atoms with Gasteiger partial charge in [-0.1, -0.05) is 12.1 Å². The van der Waals surface area contributed by atoms with Gasteiger partial charge in [-0.05, 0) is 67.4 Å². The zero-order valence-electron chi connectivity index (χ0n) is 15.6. The van der Waals surface area contributed by atoms with Crippen molar-refractivity contribution < 1.29 is 18.7 Å². The largest absolute Gasteiger partial charge is 0.494 e. The van der Waals surface area contributed by atoms with E-state index in [1.165, 1.54) is 6.26 Å². The number of carbonyl (C=O) groups is 2. The van der Waals surface area contributed by atoms with E-state index in [1.54, 1.807) is 36.4 Å². The summed E-state index contributed by atoms with van der Waals surface area (Å²) in [5.41, 5.74) is 2.42. The first-order valence-corrected chi connectivity index (χ1v) is 9.04. The van der Waals surface area contributed by atoms with Gasteiger partial charge in [0.2, 0.25) is 5.91 Å². The number of ether oxygens (including phenoxy) is 1. The van der Waals surface area contributed by atoms with Crippen LogP contribution in [0.4, 0.5) is 11.4 Å². The maximum atomic E-state index is 12.0. The zero-order chi connectivity index (χ0) is 19.8. The normalized spacial score (nSPS) is 10.3. The molecule has 0 spiro atoms. The van der Waals surface area contributed by atoms with Crippen molar-refractivity contribution in [3.63, 3.8) is 0 Å². The minimum atomic E-state index is -0.324. The average Bonchev–Trinajstić information content (AvgIpc) is 3.22. The number of amides is 2. The quantitative estimate of drug-likeness (QED) is 0.560. The fourth-order valence-corrected chi connectivity index (χ4v) is 2.59. The van der Waals surface area contributed by atoms with Gasteiger partial charge in [0.05, 0.1) is 12.9 Å². The lowest BCUT2D eigenvalue weighted by atomic mass is 10.2. The van der Waals surface area contributed by atoms with Crippen LogP contribution in [0.3, 0.4) is 0 Å². The van der Waals surface area contributed by atoms with Crippen LogP contribution in [0.1, 0.15) is 29.0 Å². The van der Waals surface area contributed by atoms with Crippen molar-refractivity contribution >= 4 is 23.2 Å². The molecule has 0 saturated carbocycles. The molecule has 0 fully saturated rings. The Morgan fingerprint density at radius 1 is 0.964 bits per heavy atom. The highest BCUT2D eigenvalue weighted by Gasteiger charge is 2.09. The van der Waals surface area contributed by atoms with Crippen molar-refractivity contribution in [1.29, 1.82) is 0 Å². The molecule has 1 aromatic heterocycles. The van der Waals surface area contributed by atoms with Crippen molar-refractivity contribution in [2.24, 2.45) is 0 Å². The molecule has 0 saturated heterocycles. The molecule has 0 aliphatic carbocycles. The summed E-state index contributed by atoms with van der Waals surface area (Å²) in [6, 6.07) is 18.0. The summed E-state index contributed by atoms with van der Waals surface area (Å²) in [4.78, 5) is 24.0. The Morgan fingerprint density at radius 3 is 2.39 bits per heavy atom. The van der Waals surface area contributed by atoms with Crippen LogP contribution in [-0.2, 0) is 4.79 Å². The van der Waals surface area contributed by atoms with Gasteiger partial charge in [0, 0.05) is 17.8 Å². The van der Waals surface area contributed by atoms with Gasteiger partial charge in [0.15, 0.2) is 5.76 Å². The van der Waals surface area contributed by atoms with Crippen molar-refractivity contribution in [2.75, 3.05) is 17.2 Å². The Labute approximate surface area is 163 Å². The lowest BCUT2D eigenvalue weighted by molar-refractivity contribution is -0.116. The van der Waals surface area contributed by atoms with Crippen LogP contribution in [-0.4, -0.2) is 18.4 Å². The van der Waals surface area contributed by atoms with E-state index in [1.807, 2.05) is 31.2 Å². The number of rotatable bonds is 8.